The topological polar surface area (TPSA) is 62.0 Å². The molecule has 3 atom stereocenters. The van der Waals surface area contributed by atoms with Crippen molar-refractivity contribution >= 4 is 35.8 Å². The highest BCUT2D eigenvalue weighted by Gasteiger charge is 2.53. The molecule has 2 aromatic carbocycles. The Kier molecular flexibility index (Phi) is 8.28. The van der Waals surface area contributed by atoms with Gasteiger partial charge in [-0.05, 0) is 43.0 Å². The Morgan fingerprint density at radius 3 is 1.76 bits per heavy atom. The van der Waals surface area contributed by atoms with Crippen LogP contribution in [-0.2, 0) is 26.9 Å². The van der Waals surface area contributed by atoms with Crippen molar-refractivity contribution < 1.29 is 26.9 Å². The number of epoxide rings is 2. The molecule has 2 fully saturated rings. The van der Waals surface area contributed by atoms with Crippen LogP contribution in [0.15, 0.2) is 60.7 Å². The molecule has 4 rings (SSSR count). The van der Waals surface area contributed by atoms with Crippen LogP contribution in [0.25, 0.3) is 0 Å². The van der Waals surface area contributed by atoms with Crippen LogP contribution in [0.5, 0.6) is 0 Å². The summed E-state index contributed by atoms with van der Waals surface area (Å²) in [6.45, 7) is 13.6. The molecule has 0 radical (unpaired) electrons. The average molecular weight is 519 g/mol. The molecule has 0 spiro atoms. The van der Waals surface area contributed by atoms with Gasteiger partial charge in [0.1, 0.15) is 12.2 Å². The predicted octanol–water partition coefficient (Wildman–Crippen LogP) is 3.33. The molecular formula is C25H38O6Si3. The molecule has 0 saturated carbocycles. The van der Waals surface area contributed by atoms with Crippen LogP contribution in [0, 0.1) is 0 Å². The van der Waals surface area contributed by atoms with E-state index in [1.807, 2.05) is 12.1 Å². The van der Waals surface area contributed by atoms with E-state index in [1.54, 1.807) is 0 Å². The van der Waals surface area contributed by atoms with Gasteiger partial charge in [-0.3, -0.25) is 0 Å². The summed E-state index contributed by atoms with van der Waals surface area (Å²) in [5, 5.41) is 2.18. The van der Waals surface area contributed by atoms with Crippen molar-refractivity contribution in [2.24, 2.45) is 0 Å². The molecule has 0 amide bonds. The van der Waals surface area contributed by atoms with Crippen molar-refractivity contribution in [1.82, 2.24) is 0 Å². The van der Waals surface area contributed by atoms with Gasteiger partial charge in [-0.15, -0.1) is 0 Å². The minimum atomic E-state index is -3.14. The lowest BCUT2D eigenvalue weighted by atomic mass is 10.4. The maximum atomic E-state index is 7.37. The fourth-order valence-corrected chi connectivity index (χ4v) is 16.8. The minimum absolute atomic E-state index is 0.0326. The first-order valence-electron chi connectivity index (χ1n) is 12.2. The van der Waals surface area contributed by atoms with Gasteiger partial charge in [0.2, 0.25) is 8.32 Å². The van der Waals surface area contributed by atoms with Crippen molar-refractivity contribution in [3.8, 4) is 0 Å². The maximum Gasteiger partial charge on any atom is 0.388 e. The van der Waals surface area contributed by atoms with E-state index in [1.165, 1.54) is 0 Å². The molecule has 0 aliphatic carbocycles. The lowest BCUT2D eigenvalue weighted by Crippen LogP contribution is -2.72. The number of hydrogen-bond donors (Lipinski definition) is 0. The van der Waals surface area contributed by atoms with Crippen LogP contribution in [0.1, 0.15) is 13.3 Å². The molecule has 2 saturated heterocycles. The van der Waals surface area contributed by atoms with Crippen molar-refractivity contribution in [3.05, 3.63) is 60.7 Å². The standard InChI is InChI=1S/C25H38O6Si3/c1-6-25(28-19-21-17-26-21)32(2,3)30-34(23-13-9-7-10-14-23,24-15-11-8-12-16-24)31-33(4,5)29-20-22-18-27-22/h7-16,21-22,25H,6,17-20H2,1-5H3. The second kappa shape index (κ2) is 10.9. The summed E-state index contributed by atoms with van der Waals surface area (Å²) in [6, 6.07) is 20.9. The van der Waals surface area contributed by atoms with E-state index in [4.69, 9.17) is 26.9 Å². The highest BCUT2D eigenvalue weighted by molar-refractivity contribution is 7.02. The summed E-state index contributed by atoms with van der Waals surface area (Å²) in [7, 11) is -8.13. The predicted molar refractivity (Wildman–Crippen MR) is 141 cm³/mol. The van der Waals surface area contributed by atoms with E-state index in [0.717, 1.165) is 30.0 Å². The third-order valence-corrected chi connectivity index (χ3v) is 17.7. The molecule has 9 heteroatoms. The summed E-state index contributed by atoms with van der Waals surface area (Å²) in [5.74, 6) is 0. The van der Waals surface area contributed by atoms with Gasteiger partial charge < -0.3 is 26.9 Å². The Hall–Kier alpha value is -1.15. The first kappa shape index (κ1) is 25.9. The third kappa shape index (κ3) is 6.74. The van der Waals surface area contributed by atoms with Crippen LogP contribution < -0.4 is 10.4 Å². The quantitative estimate of drug-likeness (QED) is 0.282. The Labute approximate surface area is 207 Å². The van der Waals surface area contributed by atoms with E-state index in [2.05, 4.69) is 81.6 Å². The summed E-state index contributed by atoms with van der Waals surface area (Å²) < 4.78 is 38.0. The molecule has 3 unspecified atom stereocenters. The molecular weight excluding hydrogens is 481 g/mol. The Balaban J connectivity index is 1.71. The first-order valence-corrected chi connectivity index (χ1v) is 19.9. The normalized spacial score (nSPS) is 21.3. The third-order valence-electron chi connectivity index (χ3n) is 6.16. The van der Waals surface area contributed by atoms with E-state index in [-0.39, 0.29) is 17.9 Å². The molecule has 34 heavy (non-hydrogen) atoms. The molecule has 2 aliphatic rings. The van der Waals surface area contributed by atoms with Crippen LogP contribution in [0.3, 0.4) is 0 Å². The summed E-state index contributed by atoms with van der Waals surface area (Å²) in [4.78, 5) is 0. The van der Waals surface area contributed by atoms with Crippen molar-refractivity contribution in [2.45, 2.75) is 57.5 Å². The van der Waals surface area contributed by atoms with Gasteiger partial charge in [0.15, 0.2) is 0 Å². The first-order chi connectivity index (χ1) is 16.2. The molecule has 0 N–H and O–H groups in total. The molecule has 6 nitrogen and oxygen atoms in total. The fourth-order valence-electron chi connectivity index (χ4n) is 4.21. The molecule has 0 bridgehead atoms. The molecule has 2 heterocycles. The monoisotopic (exact) mass is 518 g/mol. The van der Waals surface area contributed by atoms with Gasteiger partial charge in [0, 0.05) is 0 Å². The average Bonchev–Trinajstić information content (AvgIpc) is 3.74. The number of benzene rings is 2. The summed E-state index contributed by atoms with van der Waals surface area (Å²) in [6.07, 6.45) is 1.30. The molecule has 2 aromatic rings. The number of ether oxygens (including phenoxy) is 3. The Bertz CT molecular complexity index is 864. The van der Waals surface area contributed by atoms with Gasteiger partial charge in [-0.2, -0.15) is 0 Å². The van der Waals surface area contributed by atoms with Crippen LogP contribution in [-0.4, -0.2) is 69.8 Å². The molecule has 2 aliphatic heterocycles. The van der Waals surface area contributed by atoms with E-state index >= 15 is 0 Å². The second-order valence-electron chi connectivity index (χ2n) is 10.0. The van der Waals surface area contributed by atoms with E-state index in [0.29, 0.717) is 13.2 Å². The van der Waals surface area contributed by atoms with Gasteiger partial charge in [-0.25, -0.2) is 0 Å². The zero-order valence-corrected chi connectivity index (χ0v) is 24.0. The maximum absolute atomic E-state index is 7.37. The van der Waals surface area contributed by atoms with Crippen molar-refractivity contribution in [2.75, 3.05) is 26.4 Å². The number of rotatable bonds is 14. The lowest BCUT2D eigenvalue weighted by Gasteiger charge is -2.44. The van der Waals surface area contributed by atoms with E-state index < -0.39 is 25.4 Å². The van der Waals surface area contributed by atoms with Gasteiger partial charge in [-0.1, -0.05) is 67.6 Å². The molecule has 186 valence electrons. The zero-order valence-electron chi connectivity index (χ0n) is 21.0. The van der Waals surface area contributed by atoms with Gasteiger partial charge in [0.25, 0.3) is 0 Å². The van der Waals surface area contributed by atoms with Crippen LogP contribution in [0.2, 0.25) is 26.2 Å². The highest BCUT2D eigenvalue weighted by atomic mass is 28.5. The summed E-state index contributed by atoms with van der Waals surface area (Å²) in [5.41, 5.74) is 0.0326. The smallest absolute Gasteiger partial charge is 0.388 e. The Morgan fingerprint density at radius 2 is 1.29 bits per heavy atom. The van der Waals surface area contributed by atoms with Crippen LogP contribution >= 0.6 is 0 Å². The van der Waals surface area contributed by atoms with Crippen molar-refractivity contribution in [3.63, 3.8) is 0 Å². The highest BCUT2D eigenvalue weighted by Crippen LogP contribution is 2.27. The largest absolute Gasteiger partial charge is 0.428 e. The van der Waals surface area contributed by atoms with Crippen molar-refractivity contribution in [1.29, 1.82) is 0 Å². The molecule has 0 aromatic heterocycles. The fraction of sp³-hybridized carbons (Fsp3) is 0.520. The van der Waals surface area contributed by atoms with Gasteiger partial charge >= 0.3 is 17.1 Å². The lowest BCUT2D eigenvalue weighted by molar-refractivity contribution is 0.0737. The number of hydrogen-bond acceptors (Lipinski definition) is 6. The second-order valence-corrected chi connectivity index (χ2v) is 21.0. The summed E-state index contributed by atoms with van der Waals surface area (Å²) >= 11 is 0. The minimum Gasteiger partial charge on any atom is -0.428 e. The van der Waals surface area contributed by atoms with E-state index in [9.17, 15) is 0 Å². The SMILES string of the molecule is CCC(OCC1CO1)[Si](C)(C)O[Si](O[Si](C)(C)OCC1CO1)(c1ccccc1)c1ccccc1. The van der Waals surface area contributed by atoms with Crippen LogP contribution in [0.4, 0.5) is 0 Å². The Morgan fingerprint density at radius 1 is 0.794 bits per heavy atom. The zero-order chi connectivity index (χ0) is 24.2. The van der Waals surface area contributed by atoms with Gasteiger partial charge in [0.05, 0.1) is 32.2 Å².